The molecule has 114 valence electrons. The molecule has 0 N–H and O–H groups in total. The van der Waals surface area contributed by atoms with Crippen LogP contribution in [0.15, 0.2) is 18.2 Å². The molecule has 0 bridgehead atoms. The zero-order valence-electron chi connectivity index (χ0n) is 11.8. The van der Waals surface area contributed by atoms with Crippen LogP contribution in [0.25, 0.3) is 0 Å². The summed E-state index contributed by atoms with van der Waals surface area (Å²) in [5.74, 6) is -0.689. The lowest BCUT2D eigenvalue weighted by Crippen LogP contribution is -2.30. The van der Waals surface area contributed by atoms with Crippen LogP contribution in [0.4, 0.5) is 10.1 Å². The molecule has 7 heteroatoms. The fraction of sp³-hybridized carbons (Fsp3) is 0.500. The van der Waals surface area contributed by atoms with Crippen LogP contribution >= 0.6 is 0 Å². The van der Waals surface area contributed by atoms with E-state index in [2.05, 4.69) is 0 Å². The Hall–Kier alpha value is -2.02. The van der Waals surface area contributed by atoms with Gasteiger partial charge in [0.1, 0.15) is 0 Å². The highest BCUT2D eigenvalue weighted by Gasteiger charge is 2.22. The summed E-state index contributed by atoms with van der Waals surface area (Å²) >= 11 is 0. The van der Waals surface area contributed by atoms with E-state index >= 15 is 0 Å². The number of hydrogen-bond acceptors (Lipinski definition) is 4. The molecule has 1 aliphatic rings. The van der Waals surface area contributed by atoms with Crippen LogP contribution in [0.3, 0.4) is 0 Å². The van der Waals surface area contributed by atoms with Gasteiger partial charge < -0.3 is 9.64 Å². The fourth-order valence-corrected chi connectivity index (χ4v) is 1.84. The minimum absolute atomic E-state index is 0.0905. The third kappa shape index (κ3) is 4.22. The summed E-state index contributed by atoms with van der Waals surface area (Å²) in [5, 5.41) is 10.7. The van der Waals surface area contributed by atoms with Crippen molar-refractivity contribution in [1.82, 2.24) is 4.90 Å². The highest BCUT2D eigenvalue weighted by Crippen LogP contribution is 2.28. The summed E-state index contributed by atoms with van der Waals surface area (Å²) in [7, 11) is 1.58. The third-order valence-electron chi connectivity index (χ3n) is 3.36. The van der Waals surface area contributed by atoms with E-state index in [1.165, 1.54) is 23.8 Å². The van der Waals surface area contributed by atoms with Gasteiger partial charge >= 0.3 is 5.69 Å². The smallest absolute Gasteiger partial charge is 0.305 e. The Kier molecular flexibility index (Phi) is 4.85. The van der Waals surface area contributed by atoms with E-state index in [-0.39, 0.29) is 5.56 Å². The monoisotopic (exact) mass is 296 g/mol. The number of hydrogen-bond donors (Lipinski definition) is 0. The molecule has 1 saturated carbocycles. The van der Waals surface area contributed by atoms with Crippen molar-refractivity contribution in [3.63, 3.8) is 0 Å². The maximum Gasteiger partial charge on any atom is 0.305 e. The molecule has 1 fully saturated rings. The molecule has 1 aromatic rings. The van der Waals surface area contributed by atoms with E-state index in [9.17, 15) is 19.3 Å². The molecule has 0 heterocycles. The van der Waals surface area contributed by atoms with Crippen LogP contribution in [0.5, 0.6) is 0 Å². The third-order valence-corrected chi connectivity index (χ3v) is 3.36. The Balaban J connectivity index is 1.91. The highest BCUT2D eigenvalue weighted by atomic mass is 19.1. The fourth-order valence-electron chi connectivity index (χ4n) is 1.84. The lowest BCUT2D eigenvalue weighted by molar-refractivity contribution is -0.387. The maximum atomic E-state index is 13.2. The molecule has 0 aromatic heterocycles. The lowest BCUT2D eigenvalue weighted by atomic mass is 10.1. The quantitative estimate of drug-likeness (QED) is 0.439. The number of ether oxygens (including phenoxy) is 1. The van der Waals surface area contributed by atoms with Gasteiger partial charge in [0.15, 0.2) is 0 Å². The number of likely N-dealkylation sites (N-methyl/N-ethyl adjacent to an activating group) is 1. The summed E-state index contributed by atoms with van der Waals surface area (Å²) in [6.45, 7) is 1.52. The van der Waals surface area contributed by atoms with Crippen LogP contribution in [0.1, 0.15) is 23.2 Å². The molecule has 0 spiro atoms. The first-order valence-electron chi connectivity index (χ1n) is 6.76. The Morgan fingerprint density at radius 3 is 2.86 bits per heavy atom. The van der Waals surface area contributed by atoms with Gasteiger partial charge in [-0.15, -0.1) is 0 Å². The van der Waals surface area contributed by atoms with Crippen LogP contribution in [0, 0.1) is 21.8 Å². The summed E-state index contributed by atoms with van der Waals surface area (Å²) in [5.41, 5.74) is -0.605. The second-order valence-corrected chi connectivity index (χ2v) is 5.17. The van der Waals surface area contributed by atoms with Gasteiger partial charge in [-0.3, -0.25) is 14.9 Å². The molecule has 1 aliphatic carbocycles. The molecular weight excluding hydrogens is 279 g/mol. The molecule has 0 atom stereocenters. The zero-order chi connectivity index (χ0) is 15.4. The van der Waals surface area contributed by atoms with Crippen molar-refractivity contribution in [2.75, 3.05) is 26.8 Å². The normalized spacial score (nSPS) is 14.0. The van der Waals surface area contributed by atoms with Gasteiger partial charge in [0.2, 0.25) is 5.82 Å². The Morgan fingerprint density at radius 2 is 2.24 bits per heavy atom. The highest BCUT2D eigenvalue weighted by molar-refractivity contribution is 5.94. The van der Waals surface area contributed by atoms with Gasteiger partial charge in [-0.05, 0) is 30.9 Å². The molecule has 21 heavy (non-hydrogen) atoms. The number of nitro groups is 1. The van der Waals surface area contributed by atoms with Crippen molar-refractivity contribution in [1.29, 1.82) is 0 Å². The first-order valence-corrected chi connectivity index (χ1v) is 6.76. The minimum atomic E-state index is -0.952. The Morgan fingerprint density at radius 1 is 1.52 bits per heavy atom. The van der Waals surface area contributed by atoms with Crippen molar-refractivity contribution in [3.05, 3.63) is 39.7 Å². The molecule has 0 radical (unpaired) electrons. The number of benzene rings is 1. The molecule has 0 saturated heterocycles. The van der Waals surface area contributed by atoms with E-state index in [0.717, 1.165) is 12.1 Å². The summed E-state index contributed by atoms with van der Waals surface area (Å²) in [6.07, 6.45) is 2.40. The van der Waals surface area contributed by atoms with Gasteiger partial charge in [0.05, 0.1) is 11.5 Å². The summed E-state index contributed by atoms with van der Waals surface area (Å²) in [6, 6.07) is 3.13. The van der Waals surface area contributed by atoms with Gasteiger partial charge in [-0.1, -0.05) is 0 Å². The van der Waals surface area contributed by atoms with E-state index in [1.54, 1.807) is 7.05 Å². The summed E-state index contributed by atoms with van der Waals surface area (Å²) < 4.78 is 18.7. The van der Waals surface area contributed by atoms with Gasteiger partial charge in [0, 0.05) is 31.8 Å². The molecule has 2 rings (SSSR count). The van der Waals surface area contributed by atoms with E-state index in [4.69, 9.17) is 4.74 Å². The van der Waals surface area contributed by atoms with Crippen LogP contribution in [0.2, 0.25) is 0 Å². The van der Waals surface area contributed by atoms with Crippen LogP contribution in [-0.2, 0) is 4.74 Å². The minimum Gasteiger partial charge on any atom is -0.379 e. The van der Waals surface area contributed by atoms with E-state index in [0.29, 0.717) is 25.7 Å². The second-order valence-electron chi connectivity index (χ2n) is 5.17. The second kappa shape index (κ2) is 6.62. The predicted molar refractivity (Wildman–Crippen MR) is 73.6 cm³/mol. The van der Waals surface area contributed by atoms with Crippen molar-refractivity contribution in [3.8, 4) is 0 Å². The molecule has 6 nitrogen and oxygen atoms in total. The molecular formula is C14H17FN2O4. The number of carbonyl (C=O) groups excluding carboxylic acids is 1. The van der Waals surface area contributed by atoms with E-state index < -0.39 is 22.3 Å². The number of rotatable bonds is 7. The van der Waals surface area contributed by atoms with Crippen molar-refractivity contribution in [2.24, 2.45) is 5.92 Å². The average molecular weight is 296 g/mol. The molecule has 0 aliphatic heterocycles. The van der Waals surface area contributed by atoms with Gasteiger partial charge in [0.25, 0.3) is 5.91 Å². The number of nitrogens with zero attached hydrogens (tertiary/aromatic N) is 2. The standard InChI is InChI=1S/C14H17FN2O4/c1-16(6-7-21-9-10-2-3-10)14(18)11-4-5-12(15)13(8-11)17(19)20/h4-5,8,10H,2-3,6-7,9H2,1H3. The van der Waals surface area contributed by atoms with Crippen molar-refractivity contribution < 1.29 is 18.8 Å². The first kappa shape index (κ1) is 15.4. The number of amides is 1. The van der Waals surface area contributed by atoms with Crippen molar-refractivity contribution in [2.45, 2.75) is 12.8 Å². The molecule has 1 aromatic carbocycles. The Labute approximate surface area is 121 Å². The largest absolute Gasteiger partial charge is 0.379 e. The van der Waals surface area contributed by atoms with Crippen molar-refractivity contribution >= 4 is 11.6 Å². The van der Waals surface area contributed by atoms with Gasteiger partial charge in [-0.25, -0.2) is 0 Å². The number of nitro benzene ring substituents is 1. The average Bonchev–Trinajstić information content (AvgIpc) is 3.27. The summed E-state index contributed by atoms with van der Waals surface area (Å²) in [4.78, 5) is 23.3. The van der Waals surface area contributed by atoms with E-state index in [1.807, 2.05) is 0 Å². The van der Waals surface area contributed by atoms with Crippen LogP contribution < -0.4 is 0 Å². The van der Waals surface area contributed by atoms with Gasteiger partial charge in [-0.2, -0.15) is 4.39 Å². The lowest BCUT2D eigenvalue weighted by Gasteiger charge is -2.17. The maximum absolute atomic E-state index is 13.2. The molecule has 0 unspecified atom stereocenters. The van der Waals surface area contributed by atoms with Crippen LogP contribution in [-0.4, -0.2) is 42.5 Å². The number of carbonyl (C=O) groups is 1. The Bertz CT molecular complexity index is 546. The zero-order valence-corrected chi connectivity index (χ0v) is 11.8. The molecule has 1 amide bonds. The number of halogens is 1. The first-order chi connectivity index (χ1) is 9.99. The SMILES string of the molecule is CN(CCOCC1CC1)C(=O)c1ccc(F)c([N+](=O)[O-])c1. The topological polar surface area (TPSA) is 72.7 Å². The predicted octanol–water partition coefficient (Wildman–Crippen LogP) is 2.23.